The average Bonchev–Trinajstić information content (AvgIpc) is 3.31. The van der Waals surface area contributed by atoms with Crippen molar-refractivity contribution >= 4 is 86.9 Å². The maximum atomic E-state index is 12.6. The Balaban J connectivity index is 1.39. The molecule has 0 saturated heterocycles. The molecule has 0 radical (unpaired) electrons. The van der Waals surface area contributed by atoms with Crippen LogP contribution in [0, 0.1) is 0 Å². The second-order valence-electron chi connectivity index (χ2n) is 7.33. The SMILES string of the molecule is O=C(NC(=S)Nc1cccc(NC(=O)c2ccc(Cl)cc2Cl)c1)c1ccc(-c2cccc(Cl)c2Cl)o1. The van der Waals surface area contributed by atoms with E-state index in [1.165, 1.54) is 18.2 Å². The van der Waals surface area contributed by atoms with Crippen LogP contribution in [0.15, 0.2) is 77.2 Å². The van der Waals surface area contributed by atoms with E-state index in [1.54, 1.807) is 54.6 Å². The fraction of sp³-hybridized carbons (Fsp3) is 0. The van der Waals surface area contributed by atoms with Gasteiger partial charge in [0.15, 0.2) is 10.9 Å². The zero-order valence-electron chi connectivity index (χ0n) is 18.1. The van der Waals surface area contributed by atoms with Crippen LogP contribution in [0.5, 0.6) is 0 Å². The Hall–Kier alpha value is -3.07. The van der Waals surface area contributed by atoms with E-state index in [9.17, 15) is 9.59 Å². The van der Waals surface area contributed by atoms with E-state index in [0.29, 0.717) is 37.8 Å². The van der Waals surface area contributed by atoms with Crippen molar-refractivity contribution in [3.05, 3.63) is 104 Å². The summed E-state index contributed by atoms with van der Waals surface area (Å²) in [6.07, 6.45) is 0. The summed E-state index contributed by atoms with van der Waals surface area (Å²) in [6, 6.07) is 19.6. The molecular formula is C25H15Cl4N3O3S. The van der Waals surface area contributed by atoms with Gasteiger partial charge in [0.05, 0.1) is 20.6 Å². The summed E-state index contributed by atoms with van der Waals surface area (Å²) < 4.78 is 5.63. The molecule has 4 aromatic rings. The second-order valence-corrected chi connectivity index (χ2v) is 9.37. The lowest BCUT2D eigenvalue weighted by Gasteiger charge is -2.11. The maximum absolute atomic E-state index is 12.6. The number of halogens is 4. The summed E-state index contributed by atoms with van der Waals surface area (Å²) in [5.41, 5.74) is 1.85. The third-order valence-corrected chi connectivity index (χ3v) is 6.40. The van der Waals surface area contributed by atoms with Crippen LogP contribution >= 0.6 is 58.6 Å². The first-order valence-corrected chi connectivity index (χ1v) is 12.2. The van der Waals surface area contributed by atoms with E-state index in [0.717, 1.165) is 0 Å². The first kappa shape index (κ1) is 26.0. The van der Waals surface area contributed by atoms with E-state index in [-0.39, 0.29) is 21.5 Å². The number of benzene rings is 3. The van der Waals surface area contributed by atoms with Crippen LogP contribution < -0.4 is 16.0 Å². The smallest absolute Gasteiger partial charge is 0.293 e. The molecule has 4 rings (SSSR count). The van der Waals surface area contributed by atoms with E-state index in [2.05, 4.69) is 16.0 Å². The summed E-state index contributed by atoms with van der Waals surface area (Å²) in [4.78, 5) is 25.2. The van der Waals surface area contributed by atoms with Crippen molar-refractivity contribution < 1.29 is 14.0 Å². The van der Waals surface area contributed by atoms with Crippen LogP contribution in [0.4, 0.5) is 11.4 Å². The Labute approximate surface area is 231 Å². The van der Waals surface area contributed by atoms with Gasteiger partial charge in [-0.05, 0) is 72.9 Å². The van der Waals surface area contributed by atoms with E-state index < -0.39 is 11.8 Å². The number of nitrogens with one attached hydrogen (secondary N) is 3. The molecule has 1 aromatic heterocycles. The molecule has 0 atom stereocenters. The Morgan fingerprint density at radius 2 is 1.47 bits per heavy atom. The first-order valence-electron chi connectivity index (χ1n) is 10.2. The van der Waals surface area contributed by atoms with Gasteiger partial charge in [-0.15, -0.1) is 0 Å². The zero-order chi connectivity index (χ0) is 25.8. The summed E-state index contributed by atoms with van der Waals surface area (Å²) in [6.45, 7) is 0. The maximum Gasteiger partial charge on any atom is 0.293 e. The number of furan rings is 1. The van der Waals surface area contributed by atoms with Gasteiger partial charge in [-0.25, -0.2) is 0 Å². The van der Waals surface area contributed by atoms with Gasteiger partial charge in [-0.2, -0.15) is 0 Å². The van der Waals surface area contributed by atoms with Crippen molar-refractivity contribution in [3.8, 4) is 11.3 Å². The van der Waals surface area contributed by atoms with Crippen LogP contribution in [0.1, 0.15) is 20.9 Å². The van der Waals surface area contributed by atoms with Crippen LogP contribution in [0.2, 0.25) is 20.1 Å². The van der Waals surface area contributed by atoms with Gasteiger partial charge in [0.25, 0.3) is 11.8 Å². The van der Waals surface area contributed by atoms with E-state index in [1.807, 2.05) is 0 Å². The third kappa shape index (κ3) is 6.19. The quantitative estimate of drug-likeness (QED) is 0.209. The number of carbonyl (C=O) groups excluding carboxylic acids is 2. The predicted octanol–water partition coefficient (Wildman–Crippen LogP) is 7.94. The third-order valence-electron chi connectivity index (χ3n) is 4.83. The van der Waals surface area contributed by atoms with Gasteiger partial charge >= 0.3 is 0 Å². The van der Waals surface area contributed by atoms with Gasteiger partial charge in [-0.1, -0.05) is 58.5 Å². The van der Waals surface area contributed by atoms with Gasteiger partial charge in [0.2, 0.25) is 0 Å². The van der Waals surface area contributed by atoms with E-state index >= 15 is 0 Å². The van der Waals surface area contributed by atoms with E-state index in [4.69, 9.17) is 63.0 Å². The Kier molecular flexibility index (Phi) is 8.18. The molecule has 3 N–H and O–H groups in total. The Bertz CT molecular complexity index is 1490. The van der Waals surface area contributed by atoms with Crippen LogP contribution in [-0.2, 0) is 0 Å². The fourth-order valence-electron chi connectivity index (χ4n) is 3.17. The summed E-state index contributed by atoms with van der Waals surface area (Å²) in [5.74, 6) is -0.543. The zero-order valence-corrected chi connectivity index (χ0v) is 21.9. The highest BCUT2D eigenvalue weighted by atomic mass is 35.5. The minimum absolute atomic E-state index is 0.0305. The molecule has 3 aromatic carbocycles. The Morgan fingerprint density at radius 1 is 0.750 bits per heavy atom. The topological polar surface area (TPSA) is 83.4 Å². The first-order chi connectivity index (χ1) is 17.2. The van der Waals surface area contributed by atoms with Gasteiger partial charge in [-0.3, -0.25) is 14.9 Å². The molecule has 6 nitrogen and oxygen atoms in total. The lowest BCUT2D eigenvalue weighted by molar-refractivity contribution is 0.0950. The molecular weight excluding hydrogens is 564 g/mol. The van der Waals surface area contributed by atoms with Gasteiger partial charge in [0.1, 0.15) is 5.76 Å². The minimum Gasteiger partial charge on any atom is -0.451 e. The molecule has 0 aliphatic heterocycles. The van der Waals surface area contributed by atoms with Crippen molar-refractivity contribution in [1.29, 1.82) is 0 Å². The minimum atomic E-state index is -0.557. The van der Waals surface area contributed by atoms with Crippen LogP contribution in [0.3, 0.4) is 0 Å². The highest BCUT2D eigenvalue weighted by Crippen LogP contribution is 2.34. The van der Waals surface area contributed by atoms with Crippen molar-refractivity contribution in [2.45, 2.75) is 0 Å². The van der Waals surface area contributed by atoms with Crippen molar-refractivity contribution in [2.75, 3.05) is 10.6 Å². The van der Waals surface area contributed by atoms with Crippen LogP contribution in [-0.4, -0.2) is 16.9 Å². The fourth-order valence-corrected chi connectivity index (χ4v) is 4.27. The Morgan fingerprint density at radius 3 is 2.22 bits per heavy atom. The normalized spacial score (nSPS) is 10.6. The molecule has 2 amide bonds. The summed E-state index contributed by atoms with van der Waals surface area (Å²) in [7, 11) is 0. The number of amides is 2. The molecule has 0 bridgehead atoms. The molecule has 0 aliphatic rings. The molecule has 1 heterocycles. The second kappa shape index (κ2) is 11.3. The highest BCUT2D eigenvalue weighted by molar-refractivity contribution is 7.80. The van der Waals surface area contributed by atoms with Crippen LogP contribution in [0.25, 0.3) is 11.3 Å². The van der Waals surface area contributed by atoms with Gasteiger partial charge < -0.3 is 15.1 Å². The molecule has 0 fully saturated rings. The van der Waals surface area contributed by atoms with Gasteiger partial charge in [0, 0.05) is 22.0 Å². The summed E-state index contributed by atoms with van der Waals surface area (Å²) in [5, 5.41) is 9.58. The van der Waals surface area contributed by atoms with Crippen molar-refractivity contribution in [3.63, 3.8) is 0 Å². The summed E-state index contributed by atoms with van der Waals surface area (Å²) >= 11 is 29.5. The molecule has 11 heteroatoms. The largest absolute Gasteiger partial charge is 0.451 e. The molecule has 0 spiro atoms. The number of thiocarbonyl (C=S) groups is 1. The molecule has 0 aliphatic carbocycles. The number of carbonyl (C=O) groups is 2. The predicted molar refractivity (Wildman–Crippen MR) is 149 cm³/mol. The molecule has 36 heavy (non-hydrogen) atoms. The lowest BCUT2D eigenvalue weighted by atomic mass is 10.2. The van der Waals surface area contributed by atoms with Crippen molar-refractivity contribution in [2.24, 2.45) is 0 Å². The molecule has 0 saturated carbocycles. The average molecular weight is 579 g/mol. The number of anilines is 2. The van der Waals surface area contributed by atoms with Crippen molar-refractivity contribution in [1.82, 2.24) is 5.32 Å². The molecule has 182 valence electrons. The monoisotopic (exact) mass is 577 g/mol. The number of rotatable bonds is 5. The number of hydrogen-bond donors (Lipinski definition) is 3. The lowest BCUT2D eigenvalue weighted by Crippen LogP contribution is -2.33. The highest BCUT2D eigenvalue weighted by Gasteiger charge is 2.16. The number of hydrogen-bond acceptors (Lipinski definition) is 4. The standard InChI is InChI=1S/C25H15Cl4N3O3S/c26-13-7-8-16(19(28)11-13)23(33)30-14-3-1-4-15(12-14)31-25(36)32-24(34)21-10-9-20(35-21)17-5-2-6-18(27)22(17)29/h1-12H,(H,30,33)(H2,31,32,34,36). The molecule has 0 unspecified atom stereocenters.